The molecule has 0 rings (SSSR count). The first-order chi connectivity index (χ1) is 6.93. The maximum atomic E-state index is 11.4. The van der Waals surface area contributed by atoms with Crippen molar-refractivity contribution in [1.29, 1.82) is 0 Å². The molecule has 0 aromatic heterocycles. The number of carbonyl (C=O) groups is 1. The zero-order chi connectivity index (χ0) is 11.9. The minimum absolute atomic E-state index is 0.259. The fourth-order valence-corrected chi connectivity index (χ4v) is 1.29. The highest BCUT2D eigenvalue weighted by atomic mass is 31.2. The number of hydrogen-bond donors (Lipinski definition) is 0. The molecule has 0 aromatic rings. The quantitative estimate of drug-likeness (QED) is 0.402. The number of ether oxygens (including phenoxy) is 1. The topological polar surface area (TPSA) is 61.8 Å². The molecule has 0 saturated carbocycles. The lowest BCUT2D eigenvalue weighted by Gasteiger charge is -2.12. The van der Waals surface area contributed by atoms with Crippen LogP contribution in [0.25, 0.3) is 0 Å². The first-order valence-corrected chi connectivity index (χ1v) is 6.22. The van der Waals surface area contributed by atoms with Gasteiger partial charge in [-0.2, -0.15) is 0 Å². The first-order valence-electron chi connectivity index (χ1n) is 4.49. The molecule has 0 heterocycles. The van der Waals surface area contributed by atoms with E-state index in [-0.39, 0.29) is 12.3 Å². The van der Waals surface area contributed by atoms with Crippen LogP contribution in [0.15, 0.2) is 12.2 Å². The van der Waals surface area contributed by atoms with E-state index in [2.05, 4.69) is 9.05 Å². The van der Waals surface area contributed by atoms with Gasteiger partial charge in [-0.1, -0.05) is 19.9 Å². The Morgan fingerprint density at radius 1 is 1.33 bits per heavy atom. The third-order valence-corrected chi connectivity index (χ3v) is 3.10. The van der Waals surface area contributed by atoms with Crippen molar-refractivity contribution < 1.29 is 23.1 Å². The third-order valence-electron chi connectivity index (χ3n) is 1.54. The van der Waals surface area contributed by atoms with Crippen LogP contribution >= 0.6 is 7.60 Å². The second-order valence-electron chi connectivity index (χ2n) is 3.17. The van der Waals surface area contributed by atoms with Crippen molar-refractivity contribution in [3.05, 3.63) is 12.2 Å². The smallest absolute Gasteiger partial charge is 0.367 e. The standard InChI is InChI=1S/C9H17O5P/c1-8(2)5-6-9(10)14-7-15(11,12-3)13-4/h5-6,8H,7H2,1-4H3/b6-5-. The van der Waals surface area contributed by atoms with Crippen LogP contribution in [0.4, 0.5) is 0 Å². The van der Waals surface area contributed by atoms with E-state index >= 15 is 0 Å². The Morgan fingerprint density at radius 3 is 2.27 bits per heavy atom. The van der Waals surface area contributed by atoms with Gasteiger partial charge in [-0.3, -0.25) is 4.57 Å². The molecule has 0 unspecified atom stereocenters. The summed E-state index contributed by atoms with van der Waals surface area (Å²) in [6, 6.07) is 0. The Hall–Kier alpha value is -0.640. The largest absolute Gasteiger partial charge is 0.450 e. The minimum atomic E-state index is -3.26. The third kappa shape index (κ3) is 6.44. The summed E-state index contributed by atoms with van der Waals surface area (Å²) in [6.07, 6.45) is 2.61. The molecule has 0 aliphatic carbocycles. The second-order valence-corrected chi connectivity index (χ2v) is 5.38. The predicted octanol–water partition coefficient (Wildman–Crippen LogP) is 2.19. The van der Waals surface area contributed by atoms with Gasteiger partial charge >= 0.3 is 13.6 Å². The molecule has 6 heteroatoms. The second kappa shape index (κ2) is 6.77. The van der Waals surface area contributed by atoms with E-state index in [1.54, 1.807) is 6.08 Å². The summed E-state index contributed by atoms with van der Waals surface area (Å²) in [5, 5.41) is 0. The van der Waals surface area contributed by atoms with Crippen LogP contribution < -0.4 is 0 Å². The molecule has 0 bridgehead atoms. The molecule has 0 atom stereocenters. The van der Waals surface area contributed by atoms with E-state index in [0.717, 1.165) is 0 Å². The number of hydrogen-bond acceptors (Lipinski definition) is 5. The zero-order valence-electron chi connectivity index (χ0n) is 9.43. The van der Waals surface area contributed by atoms with Gasteiger partial charge < -0.3 is 13.8 Å². The highest BCUT2D eigenvalue weighted by Gasteiger charge is 2.22. The van der Waals surface area contributed by atoms with Crippen molar-refractivity contribution in [2.75, 3.05) is 20.6 Å². The summed E-state index contributed by atoms with van der Waals surface area (Å²) in [5.41, 5.74) is 0. The molecular weight excluding hydrogens is 219 g/mol. The molecule has 0 fully saturated rings. The molecule has 0 aromatic carbocycles. The zero-order valence-corrected chi connectivity index (χ0v) is 10.3. The monoisotopic (exact) mass is 236 g/mol. The summed E-state index contributed by atoms with van der Waals surface area (Å²) in [6.45, 7) is 3.86. The maximum absolute atomic E-state index is 11.4. The Morgan fingerprint density at radius 2 is 1.87 bits per heavy atom. The molecule has 15 heavy (non-hydrogen) atoms. The lowest BCUT2D eigenvalue weighted by Crippen LogP contribution is -2.05. The van der Waals surface area contributed by atoms with Crippen molar-refractivity contribution in [3.63, 3.8) is 0 Å². The van der Waals surface area contributed by atoms with Crippen molar-refractivity contribution >= 4 is 13.6 Å². The molecule has 0 N–H and O–H groups in total. The number of rotatable bonds is 6. The van der Waals surface area contributed by atoms with E-state index in [9.17, 15) is 9.36 Å². The Kier molecular flexibility index (Phi) is 6.48. The average molecular weight is 236 g/mol. The summed E-state index contributed by atoms with van der Waals surface area (Å²) >= 11 is 0. The fourth-order valence-electron chi connectivity index (χ4n) is 0.642. The summed E-state index contributed by atoms with van der Waals surface area (Å²) in [4.78, 5) is 11.1. The summed E-state index contributed by atoms with van der Waals surface area (Å²) in [5.74, 6) is -0.299. The molecule has 0 amide bonds. The fraction of sp³-hybridized carbons (Fsp3) is 0.667. The Balaban J connectivity index is 4.06. The molecule has 0 radical (unpaired) electrons. The van der Waals surface area contributed by atoms with Crippen molar-refractivity contribution in [2.24, 2.45) is 5.92 Å². The van der Waals surface area contributed by atoms with Gasteiger partial charge in [0.15, 0.2) is 6.35 Å². The van der Waals surface area contributed by atoms with Gasteiger partial charge in [0.05, 0.1) is 0 Å². The lowest BCUT2D eigenvalue weighted by molar-refractivity contribution is -0.136. The lowest BCUT2D eigenvalue weighted by atomic mass is 10.2. The minimum Gasteiger partial charge on any atom is -0.450 e. The first kappa shape index (κ1) is 14.4. The van der Waals surface area contributed by atoms with E-state index in [4.69, 9.17) is 4.74 Å². The van der Waals surface area contributed by atoms with Crippen LogP contribution in [0.5, 0.6) is 0 Å². The number of carbonyl (C=O) groups excluding carboxylic acids is 1. The van der Waals surface area contributed by atoms with Gasteiger partial charge in [0.2, 0.25) is 0 Å². The van der Waals surface area contributed by atoms with E-state index in [1.165, 1.54) is 20.3 Å². The molecule has 5 nitrogen and oxygen atoms in total. The van der Waals surface area contributed by atoms with Crippen LogP contribution in [0.3, 0.4) is 0 Å². The number of esters is 1. The van der Waals surface area contributed by atoms with Gasteiger partial charge in [-0.25, -0.2) is 4.79 Å². The molecular formula is C9H17O5P. The maximum Gasteiger partial charge on any atom is 0.367 e. The summed E-state index contributed by atoms with van der Waals surface area (Å²) < 4.78 is 25.3. The van der Waals surface area contributed by atoms with Gasteiger partial charge in [0, 0.05) is 20.3 Å². The Bertz CT molecular complexity index is 264. The van der Waals surface area contributed by atoms with Crippen molar-refractivity contribution in [3.8, 4) is 0 Å². The number of allylic oxidation sites excluding steroid dienone is 1. The Labute approximate surface area is 89.9 Å². The molecule has 0 aliphatic heterocycles. The normalized spacial score (nSPS) is 12.3. The van der Waals surface area contributed by atoms with Gasteiger partial charge in [-0.15, -0.1) is 0 Å². The van der Waals surface area contributed by atoms with E-state index < -0.39 is 13.6 Å². The summed E-state index contributed by atoms with van der Waals surface area (Å²) in [7, 11) is -0.783. The highest BCUT2D eigenvalue weighted by Crippen LogP contribution is 2.45. The van der Waals surface area contributed by atoms with E-state index in [0.29, 0.717) is 0 Å². The predicted molar refractivity (Wildman–Crippen MR) is 56.6 cm³/mol. The van der Waals surface area contributed by atoms with Crippen LogP contribution in [-0.4, -0.2) is 26.5 Å². The molecule has 0 spiro atoms. The van der Waals surface area contributed by atoms with Crippen LogP contribution in [-0.2, 0) is 23.1 Å². The van der Waals surface area contributed by atoms with E-state index in [1.807, 2.05) is 13.8 Å². The van der Waals surface area contributed by atoms with Gasteiger partial charge in [0.1, 0.15) is 0 Å². The SMILES string of the molecule is COP(=O)(COC(=O)/C=C\C(C)C)OC. The van der Waals surface area contributed by atoms with Crippen molar-refractivity contribution in [2.45, 2.75) is 13.8 Å². The highest BCUT2D eigenvalue weighted by molar-refractivity contribution is 7.53. The molecule has 0 aliphatic rings. The van der Waals surface area contributed by atoms with Crippen LogP contribution in [0.2, 0.25) is 0 Å². The van der Waals surface area contributed by atoms with Crippen molar-refractivity contribution in [1.82, 2.24) is 0 Å². The molecule has 0 saturated heterocycles. The van der Waals surface area contributed by atoms with Crippen LogP contribution in [0.1, 0.15) is 13.8 Å². The molecule has 88 valence electrons. The van der Waals surface area contributed by atoms with Crippen LogP contribution in [0, 0.1) is 5.92 Å². The van der Waals surface area contributed by atoms with Gasteiger partial charge in [0.25, 0.3) is 0 Å². The average Bonchev–Trinajstić information content (AvgIpc) is 2.23. The van der Waals surface area contributed by atoms with Gasteiger partial charge in [-0.05, 0) is 5.92 Å².